The molecule has 0 aromatic carbocycles. The number of fused-ring (bicyclic) bond motifs is 1. The van der Waals surface area contributed by atoms with Crippen LogP contribution in [0.3, 0.4) is 0 Å². The molecule has 0 spiro atoms. The van der Waals surface area contributed by atoms with Crippen molar-refractivity contribution in [1.29, 1.82) is 0 Å². The molecule has 0 atom stereocenters. The van der Waals surface area contributed by atoms with E-state index in [0.717, 1.165) is 11.3 Å². The van der Waals surface area contributed by atoms with Crippen molar-refractivity contribution in [3.8, 4) is 17.0 Å². The third-order valence-corrected chi connectivity index (χ3v) is 3.18. The topological polar surface area (TPSA) is 65.4 Å². The van der Waals surface area contributed by atoms with Crippen molar-refractivity contribution < 1.29 is 4.74 Å². The van der Waals surface area contributed by atoms with Crippen LogP contribution in [-0.2, 0) is 0 Å². The largest absolute Gasteiger partial charge is 0.493 e. The highest BCUT2D eigenvalue weighted by Crippen LogP contribution is 2.27. The molecule has 86 valence electrons. The molecule has 0 saturated carbocycles. The molecule has 3 aromatic rings. The molecule has 5 nitrogen and oxygen atoms in total. The zero-order chi connectivity index (χ0) is 11.8. The third kappa shape index (κ3) is 1.53. The predicted molar refractivity (Wildman–Crippen MR) is 67.3 cm³/mol. The van der Waals surface area contributed by atoms with Crippen molar-refractivity contribution in [2.24, 2.45) is 0 Å². The summed E-state index contributed by atoms with van der Waals surface area (Å²) in [7, 11) is 1.60. The molecule has 3 rings (SSSR count). The maximum Gasteiger partial charge on any atom is 0.240 e. The second-order valence-electron chi connectivity index (χ2n) is 3.50. The van der Waals surface area contributed by atoms with Gasteiger partial charge in [-0.2, -0.15) is 16.3 Å². The Balaban J connectivity index is 2.34. The van der Waals surface area contributed by atoms with Crippen molar-refractivity contribution in [1.82, 2.24) is 14.6 Å². The summed E-state index contributed by atoms with van der Waals surface area (Å²) in [5.41, 5.74) is 8.31. The molecule has 0 aliphatic heterocycles. The average molecular weight is 246 g/mol. The van der Waals surface area contributed by atoms with Gasteiger partial charge in [-0.15, -0.1) is 5.10 Å². The van der Waals surface area contributed by atoms with Gasteiger partial charge in [0.25, 0.3) is 0 Å². The Labute approximate surface area is 101 Å². The number of aromatic nitrogens is 3. The molecular formula is C11H10N4OS. The summed E-state index contributed by atoms with van der Waals surface area (Å²) in [6, 6.07) is 5.85. The Morgan fingerprint density at radius 2 is 2.24 bits per heavy atom. The number of hydrogen-bond donors (Lipinski definition) is 1. The number of nitrogens with zero attached hydrogens (tertiary/aromatic N) is 3. The minimum Gasteiger partial charge on any atom is -0.493 e. The molecule has 0 bridgehead atoms. The summed E-state index contributed by atoms with van der Waals surface area (Å²) in [5, 5.41) is 8.26. The van der Waals surface area contributed by atoms with E-state index in [2.05, 4.69) is 15.5 Å². The van der Waals surface area contributed by atoms with E-state index < -0.39 is 0 Å². The second kappa shape index (κ2) is 3.74. The van der Waals surface area contributed by atoms with Crippen LogP contribution in [-0.4, -0.2) is 21.7 Å². The van der Waals surface area contributed by atoms with Crippen LogP contribution in [0.25, 0.3) is 16.9 Å². The number of thiophene rings is 1. The predicted octanol–water partition coefficient (Wildman–Crippen LogP) is 2.05. The standard InChI is InChI=1S/C11H10N4OS/c1-16-9-3-2-8(7-4-5-17-6-7)15-10(9)13-11(12)14-15/h2-6H,1H3,(H2,12,14). The van der Waals surface area contributed by atoms with Gasteiger partial charge in [-0.1, -0.05) is 0 Å². The van der Waals surface area contributed by atoms with Gasteiger partial charge in [0.15, 0.2) is 11.4 Å². The van der Waals surface area contributed by atoms with Crippen LogP contribution in [0, 0.1) is 0 Å². The first-order valence-electron chi connectivity index (χ1n) is 5.01. The van der Waals surface area contributed by atoms with Gasteiger partial charge in [0.1, 0.15) is 0 Å². The molecule has 3 heterocycles. The number of ether oxygens (including phenoxy) is 1. The quantitative estimate of drug-likeness (QED) is 0.751. The lowest BCUT2D eigenvalue weighted by molar-refractivity contribution is 0.416. The highest BCUT2D eigenvalue weighted by Gasteiger charge is 2.12. The SMILES string of the molecule is COc1ccc(-c2ccsc2)n2nc(N)nc12. The van der Waals surface area contributed by atoms with Gasteiger partial charge < -0.3 is 10.5 Å². The average Bonchev–Trinajstić information content (AvgIpc) is 2.95. The normalized spacial score (nSPS) is 10.9. The Bertz CT molecular complexity index is 659. The first-order valence-corrected chi connectivity index (χ1v) is 5.95. The van der Waals surface area contributed by atoms with E-state index in [-0.39, 0.29) is 5.95 Å². The van der Waals surface area contributed by atoms with Crippen LogP contribution in [0.4, 0.5) is 5.95 Å². The molecule has 0 aliphatic rings. The van der Waals surface area contributed by atoms with Gasteiger partial charge >= 0.3 is 0 Å². The van der Waals surface area contributed by atoms with Gasteiger partial charge in [0.05, 0.1) is 12.8 Å². The van der Waals surface area contributed by atoms with Crippen molar-refractivity contribution in [2.75, 3.05) is 12.8 Å². The van der Waals surface area contributed by atoms with Gasteiger partial charge in [-0.05, 0) is 23.6 Å². The number of anilines is 1. The van der Waals surface area contributed by atoms with Gasteiger partial charge in [0.2, 0.25) is 5.95 Å². The number of rotatable bonds is 2. The van der Waals surface area contributed by atoms with Crippen LogP contribution in [0.1, 0.15) is 0 Å². The summed E-state index contributed by atoms with van der Waals surface area (Å²) in [6.45, 7) is 0. The smallest absolute Gasteiger partial charge is 0.240 e. The molecule has 0 amide bonds. The van der Waals surface area contributed by atoms with Gasteiger partial charge in [-0.25, -0.2) is 4.52 Å². The first-order chi connectivity index (χ1) is 8.29. The zero-order valence-electron chi connectivity index (χ0n) is 9.12. The van der Waals surface area contributed by atoms with E-state index in [1.165, 1.54) is 0 Å². The maximum atomic E-state index is 5.64. The molecule has 0 aliphatic carbocycles. The molecule has 0 unspecified atom stereocenters. The lowest BCUT2D eigenvalue weighted by Gasteiger charge is -2.05. The molecular weight excluding hydrogens is 236 g/mol. The van der Waals surface area contributed by atoms with E-state index in [1.54, 1.807) is 23.0 Å². The van der Waals surface area contributed by atoms with Crippen LogP contribution in [0.15, 0.2) is 29.0 Å². The lowest BCUT2D eigenvalue weighted by Crippen LogP contribution is -1.96. The van der Waals surface area contributed by atoms with Crippen LogP contribution >= 0.6 is 11.3 Å². The number of pyridine rings is 1. The fourth-order valence-corrected chi connectivity index (χ4v) is 2.39. The highest BCUT2D eigenvalue weighted by molar-refractivity contribution is 7.08. The summed E-state index contributed by atoms with van der Waals surface area (Å²) < 4.78 is 6.94. The van der Waals surface area contributed by atoms with Crippen molar-refractivity contribution in [3.63, 3.8) is 0 Å². The van der Waals surface area contributed by atoms with Crippen molar-refractivity contribution >= 4 is 22.9 Å². The van der Waals surface area contributed by atoms with E-state index in [0.29, 0.717) is 11.4 Å². The Hall–Kier alpha value is -2.08. The fraction of sp³-hybridized carbons (Fsp3) is 0.0909. The van der Waals surface area contributed by atoms with Gasteiger partial charge in [-0.3, -0.25) is 0 Å². The molecule has 17 heavy (non-hydrogen) atoms. The molecule has 6 heteroatoms. The highest BCUT2D eigenvalue weighted by atomic mass is 32.1. The molecule has 2 N–H and O–H groups in total. The van der Waals surface area contributed by atoms with Crippen molar-refractivity contribution in [2.45, 2.75) is 0 Å². The van der Waals surface area contributed by atoms with E-state index >= 15 is 0 Å². The first kappa shape index (κ1) is 10.1. The second-order valence-corrected chi connectivity index (χ2v) is 4.28. The molecule has 0 fully saturated rings. The Morgan fingerprint density at radius 3 is 2.94 bits per heavy atom. The minimum absolute atomic E-state index is 0.242. The lowest BCUT2D eigenvalue weighted by atomic mass is 10.2. The zero-order valence-corrected chi connectivity index (χ0v) is 9.94. The van der Waals surface area contributed by atoms with Crippen LogP contribution in [0.2, 0.25) is 0 Å². The Kier molecular flexibility index (Phi) is 2.22. The van der Waals surface area contributed by atoms with E-state index in [1.807, 2.05) is 23.6 Å². The number of nitrogens with two attached hydrogens (primary N) is 1. The van der Waals surface area contributed by atoms with E-state index in [4.69, 9.17) is 10.5 Å². The van der Waals surface area contributed by atoms with Gasteiger partial charge in [0, 0.05) is 10.9 Å². The number of methoxy groups -OCH3 is 1. The number of hydrogen-bond acceptors (Lipinski definition) is 5. The summed E-state index contributed by atoms with van der Waals surface area (Å²) in [5.74, 6) is 0.902. The third-order valence-electron chi connectivity index (χ3n) is 2.50. The van der Waals surface area contributed by atoms with Crippen LogP contribution in [0.5, 0.6) is 5.75 Å². The monoisotopic (exact) mass is 246 g/mol. The maximum absolute atomic E-state index is 5.64. The summed E-state index contributed by atoms with van der Waals surface area (Å²) in [4.78, 5) is 4.16. The fourth-order valence-electron chi connectivity index (χ4n) is 1.74. The Morgan fingerprint density at radius 1 is 1.35 bits per heavy atom. The molecule has 0 radical (unpaired) electrons. The van der Waals surface area contributed by atoms with Crippen LogP contribution < -0.4 is 10.5 Å². The van der Waals surface area contributed by atoms with Crippen molar-refractivity contribution in [3.05, 3.63) is 29.0 Å². The van der Waals surface area contributed by atoms with E-state index in [9.17, 15) is 0 Å². The number of nitrogen functional groups attached to an aromatic ring is 1. The molecule has 3 aromatic heterocycles. The molecule has 0 saturated heterocycles. The summed E-state index contributed by atoms with van der Waals surface area (Å²) >= 11 is 1.64. The summed E-state index contributed by atoms with van der Waals surface area (Å²) in [6.07, 6.45) is 0. The minimum atomic E-state index is 0.242.